The van der Waals surface area contributed by atoms with Crippen molar-refractivity contribution in [1.82, 2.24) is 9.97 Å². The largest absolute Gasteiger partial charge is 0.494 e. The van der Waals surface area contributed by atoms with Gasteiger partial charge in [-0.2, -0.15) is 0 Å². The van der Waals surface area contributed by atoms with Gasteiger partial charge in [0.1, 0.15) is 10.9 Å². The Balaban J connectivity index is 2.28. The van der Waals surface area contributed by atoms with E-state index >= 15 is 0 Å². The molecule has 6 heteroatoms. The smallest absolute Gasteiger partial charge is 0.161 e. The number of methoxy groups -OCH3 is 1. The molecule has 0 spiro atoms. The fourth-order valence-electron chi connectivity index (χ4n) is 1.74. The highest BCUT2D eigenvalue weighted by Crippen LogP contribution is 2.25. The van der Waals surface area contributed by atoms with E-state index in [9.17, 15) is 0 Å². The van der Waals surface area contributed by atoms with Crippen LogP contribution in [0.25, 0.3) is 11.4 Å². The Morgan fingerprint density at radius 2 is 1.90 bits per heavy atom. The van der Waals surface area contributed by atoms with Crippen LogP contribution in [0.15, 0.2) is 24.3 Å². The molecule has 2 aromatic rings. The molecule has 0 aliphatic rings. The lowest BCUT2D eigenvalue weighted by Gasteiger charge is -2.09. The lowest BCUT2D eigenvalue weighted by Crippen LogP contribution is -2.02. The third-order valence-corrected chi connectivity index (χ3v) is 4.47. The van der Waals surface area contributed by atoms with Gasteiger partial charge in [0.2, 0.25) is 0 Å². The Morgan fingerprint density at radius 1 is 1.19 bits per heavy atom. The van der Waals surface area contributed by atoms with Crippen LogP contribution in [0.2, 0.25) is 5.15 Å². The minimum absolute atomic E-state index is 0.408. The fourth-order valence-corrected chi connectivity index (χ4v) is 2.33. The molecule has 0 unspecified atom stereocenters. The Hall–Kier alpha value is -0.920. The molecule has 0 aliphatic carbocycles. The summed E-state index contributed by atoms with van der Waals surface area (Å²) in [7, 11) is 1.63. The fraction of sp³-hybridized carbons (Fsp3) is 0.333. The van der Waals surface area contributed by atoms with Crippen molar-refractivity contribution in [3.63, 3.8) is 0 Å². The number of nitrogens with zero attached hydrogens (tertiary/aromatic N) is 2. The summed E-state index contributed by atoms with van der Waals surface area (Å²) in [5, 5.41) is 0.443. The Labute approximate surface area is 143 Å². The summed E-state index contributed by atoms with van der Waals surface area (Å²) in [6.07, 6.45) is 0.984. The highest BCUT2D eigenvalue weighted by atomic mass is 127. The molecule has 1 heterocycles. The zero-order valence-electron chi connectivity index (χ0n) is 11.9. The van der Waals surface area contributed by atoms with Gasteiger partial charge in [-0.05, 0) is 53.3 Å². The lowest BCUT2D eigenvalue weighted by atomic mass is 10.2. The van der Waals surface area contributed by atoms with E-state index in [2.05, 4.69) is 39.5 Å². The molecule has 112 valence electrons. The highest BCUT2D eigenvalue weighted by molar-refractivity contribution is 14.1. The molecule has 1 aromatic heterocycles. The standard InChI is InChI=1S/C15H16ClIN2O2/c1-3-8-21-11-6-4-10(5-7-11)15-18-12(9-20-2)13(17)14(16)19-15/h4-7H,3,8-9H2,1-2H3. The molecule has 1 aromatic carbocycles. The third-order valence-electron chi connectivity index (χ3n) is 2.75. The minimum atomic E-state index is 0.408. The summed E-state index contributed by atoms with van der Waals surface area (Å²) in [5.41, 5.74) is 1.69. The molecule has 0 amide bonds. The van der Waals surface area contributed by atoms with E-state index < -0.39 is 0 Å². The number of hydrogen-bond acceptors (Lipinski definition) is 4. The normalized spacial score (nSPS) is 10.7. The van der Waals surface area contributed by atoms with Crippen LogP contribution in [0.1, 0.15) is 19.0 Å². The summed E-state index contributed by atoms with van der Waals surface area (Å²) < 4.78 is 11.5. The first-order valence-corrected chi connectivity index (χ1v) is 8.05. The number of benzene rings is 1. The van der Waals surface area contributed by atoms with E-state index in [1.54, 1.807) is 7.11 Å². The molecular weight excluding hydrogens is 403 g/mol. The monoisotopic (exact) mass is 418 g/mol. The van der Waals surface area contributed by atoms with Crippen molar-refractivity contribution in [3.05, 3.63) is 38.7 Å². The summed E-state index contributed by atoms with van der Waals surface area (Å²) >= 11 is 8.29. The minimum Gasteiger partial charge on any atom is -0.494 e. The van der Waals surface area contributed by atoms with Crippen molar-refractivity contribution >= 4 is 34.2 Å². The van der Waals surface area contributed by atoms with E-state index in [-0.39, 0.29) is 0 Å². The van der Waals surface area contributed by atoms with Gasteiger partial charge < -0.3 is 9.47 Å². The van der Waals surface area contributed by atoms with Crippen molar-refractivity contribution in [3.8, 4) is 17.1 Å². The number of hydrogen-bond donors (Lipinski definition) is 0. The second kappa shape index (κ2) is 7.91. The summed E-state index contributed by atoms with van der Waals surface area (Å²) in [6, 6.07) is 7.69. The van der Waals surface area contributed by atoms with Gasteiger partial charge in [0, 0.05) is 12.7 Å². The Morgan fingerprint density at radius 3 is 2.52 bits per heavy atom. The topological polar surface area (TPSA) is 44.2 Å². The maximum atomic E-state index is 6.17. The molecule has 0 N–H and O–H groups in total. The summed E-state index contributed by atoms with van der Waals surface area (Å²) in [4.78, 5) is 8.84. The average Bonchev–Trinajstić information content (AvgIpc) is 2.50. The molecule has 0 fully saturated rings. The van der Waals surface area contributed by atoms with Crippen molar-refractivity contribution in [2.45, 2.75) is 20.0 Å². The summed E-state index contributed by atoms with van der Waals surface area (Å²) in [6.45, 7) is 3.20. The average molecular weight is 419 g/mol. The first-order chi connectivity index (χ1) is 10.2. The highest BCUT2D eigenvalue weighted by Gasteiger charge is 2.12. The first-order valence-electron chi connectivity index (χ1n) is 6.59. The summed E-state index contributed by atoms with van der Waals surface area (Å²) in [5.74, 6) is 1.43. The number of rotatable bonds is 6. The number of ether oxygens (including phenoxy) is 2. The van der Waals surface area contributed by atoms with Crippen molar-refractivity contribution < 1.29 is 9.47 Å². The van der Waals surface area contributed by atoms with E-state index in [1.807, 2.05) is 24.3 Å². The molecule has 4 nitrogen and oxygen atoms in total. The maximum Gasteiger partial charge on any atom is 0.161 e. The Bertz CT molecular complexity index is 605. The van der Waals surface area contributed by atoms with E-state index in [0.29, 0.717) is 24.2 Å². The molecule has 0 atom stereocenters. The van der Waals surface area contributed by atoms with Crippen LogP contribution in [0, 0.1) is 3.57 Å². The van der Waals surface area contributed by atoms with Gasteiger partial charge in [0.15, 0.2) is 5.82 Å². The van der Waals surface area contributed by atoms with Gasteiger partial charge in [0.05, 0.1) is 22.5 Å². The van der Waals surface area contributed by atoms with Crippen LogP contribution < -0.4 is 4.74 Å². The van der Waals surface area contributed by atoms with Crippen molar-refractivity contribution in [2.24, 2.45) is 0 Å². The maximum absolute atomic E-state index is 6.17. The van der Waals surface area contributed by atoms with Crippen LogP contribution >= 0.6 is 34.2 Å². The van der Waals surface area contributed by atoms with E-state index in [1.165, 1.54) is 0 Å². The second-order valence-corrected chi connectivity index (χ2v) is 5.84. The van der Waals surface area contributed by atoms with Crippen LogP contribution in [0.5, 0.6) is 5.75 Å². The molecule has 21 heavy (non-hydrogen) atoms. The Kier molecular flexibility index (Phi) is 6.20. The first kappa shape index (κ1) is 16.5. The van der Waals surface area contributed by atoms with Gasteiger partial charge in [-0.3, -0.25) is 0 Å². The van der Waals surface area contributed by atoms with Gasteiger partial charge in [-0.1, -0.05) is 18.5 Å². The molecular formula is C15H16ClIN2O2. The molecule has 0 aliphatic heterocycles. The van der Waals surface area contributed by atoms with Crippen LogP contribution in [-0.2, 0) is 11.3 Å². The van der Waals surface area contributed by atoms with Gasteiger partial charge in [0.25, 0.3) is 0 Å². The zero-order chi connectivity index (χ0) is 15.2. The zero-order valence-corrected chi connectivity index (χ0v) is 14.8. The van der Waals surface area contributed by atoms with E-state index in [0.717, 1.165) is 27.0 Å². The second-order valence-electron chi connectivity index (χ2n) is 4.40. The molecule has 0 radical (unpaired) electrons. The third kappa shape index (κ3) is 4.28. The SMILES string of the molecule is CCCOc1ccc(-c2nc(Cl)c(I)c(COC)n2)cc1. The van der Waals surface area contributed by atoms with Gasteiger partial charge >= 0.3 is 0 Å². The molecule has 0 bridgehead atoms. The van der Waals surface area contributed by atoms with Gasteiger partial charge in [-0.15, -0.1) is 0 Å². The van der Waals surface area contributed by atoms with Gasteiger partial charge in [-0.25, -0.2) is 9.97 Å². The predicted octanol–water partition coefficient (Wildman–Crippen LogP) is 4.34. The van der Waals surface area contributed by atoms with Crippen LogP contribution in [0.4, 0.5) is 0 Å². The molecule has 0 saturated carbocycles. The quantitative estimate of drug-likeness (QED) is 0.517. The lowest BCUT2D eigenvalue weighted by molar-refractivity contribution is 0.181. The predicted molar refractivity (Wildman–Crippen MR) is 91.7 cm³/mol. The molecule has 0 saturated heterocycles. The number of halogens is 2. The van der Waals surface area contributed by atoms with Crippen molar-refractivity contribution in [2.75, 3.05) is 13.7 Å². The van der Waals surface area contributed by atoms with Crippen molar-refractivity contribution in [1.29, 1.82) is 0 Å². The van der Waals surface area contributed by atoms with Crippen LogP contribution in [-0.4, -0.2) is 23.7 Å². The van der Waals surface area contributed by atoms with E-state index in [4.69, 9.17) is 21.1 Å². The molecule has 2 rings (SSSR count). The number of aromatic nitrogens is 2. The van der Waals surface area contributed by atoms with Crippen LogP contribution in [0.3, 0.4) is 0 Å².